The summed E-state index contributed by atoms with van der Waals surface area (Å²) in [6, 6.07) is 15.7. The number of halogens is 1. The Kier molecular flexibility index (Phi) is 4.76. The monoisotopic (exact) mass is 315 g/mol. The summed E-state index contributed by atoms with van der Waals surface area (Å²) in [5, 5.41) is 3.67. The summed E-state index contributed by atoms with van der Waals surface area (Å²) >= 11 is 5.90. The van der Waals surface area contributed by atoms with Crippen molar-refractivity contribution in [3.05, 3.63) is 64.7 Å². The maximum absolute atomic E-state index is 12.1. The van der Waals surface area contributed by atoms with Gasteiger partial charge in [0.1, 0.15) is 6.10 Å². The Morgan fingerprint density at radius 3 is 2.73 bits per heavy atom. The normalized spacial score (nSPS) is 17.4. The van der Waals surface area contributed by atoms with Gasteiger partial charge in [0, 0.05) is 17.3 Å². The molecule has 22 heavy (non-hydrogen) atoms. The van der Waals surface area contributed by atoms with Crippen LogP contribution in [0.1, 0.15) is 24.0 Å². The molecule has 2 aromatic rings. The number of hydrogen-bond donors (Lipinski definition) is 1. The van der Waals surface area contributed by atoms with Crippen molar-refractivity contribution in [3.8, 4) is 0 Å². The van der Waals surface area contributed by atoms with Crippen LogP contribution in [0.5, 0.6) is 0 Å². The first-order valence-electron chi connectivity index (χ1n) is 7.46. The van der Waals surface area contributed by atoms with Crippen molar-refractivity contribution in [3.63, 3.8) is 0 Å². The van der Waals surface area contributed by atoms with Gasteiger partial charge >= 0.3 is 0 Å². The zero-order valence-electron chi connectivity index (χ0n) is 12.2. The highest BCUT2D eigenvalue weighted by Crippen LogP contribution is 2.18. The lowest BCUT2D eigenvalue weighted by Crippen LogP contribution is -2.26. The molecule has 1 aliphatic rings. The maximum Gasteiger partial charge on any atom is 0.253 e. The average Bonchev–Trinajstić information content (AvgIpc) is 3.04. The van der Waals surface area contributed by atoms with Crippen LogP contribution in [0, 0.1) is 0 Å². The largest absolute Gasteiger partial charge is 0.368 e. The third-order valence-corrected chi connectivity index (χ3v) is 3.99. The number of benzene rings is 2. The Balaban J connectivity index is 1.66. The zero-order valence-corrected chi connectivity index (χ0v) is 13.0. The van der Waals surface area contributed by atoms with Crippen LogP contribution < -0.4 is 5.32 Å². The topological polar surface area (TPSA) is 38.3 Å². The van der Waals surface area contributed by atoms with Crippen LogP contribution in [0.4, 0.5) is 5.69 Å². The first-order valence-corrected chi connectivity index (χ1v) is 7.84. The molecule has 1 amide bonds. The Hall–Kier alpha value is -1.84. The van der Waals surface area contributed by atoms with Gasteiger partial charge in [-0.15, -0.1) is 0 Å². The summed E-state index contributed by atoms with van der Waals surface area (Å²) in [5.74, 6) is -0.0545. The fourth-order valence-electron chi connectivity index (χ4n) is 2.60. The number of amides is 1. The Bertz CT molecular complexity index is 648. The van der Waals surface area contributed by atoms with E-state index in [4.69, 9.17) is 16.3 Å². The van der Waals surface area contributed by atoms with Crippen LogP contribution in [0.2, 0.25) is 5.02 Å². The third kappa shape index (κ3) is 3.87. The van der Waals surface area contributed by atoms with Gasteiger partial charge in [0.15, 0.2) is 0 Å². The van der Waals surface area contributed by atoms with Gasteiger partial charge in [0.2, 0.25) is 0 Å². The molecule has 2 aromatic carbocycles. The molecule has 0 saturated carbocycles. The number of rotatable bonds is 4. The van der Waals surface area contributed by atoms with Gasteiger partial charge in [-0.2, -0.15) is 0 Å². The van der Waals surface area contributed by atoms with Crippen molar-refractivity contribution < 1.29 is 9.53 Å². The molecule has 1 saturated heterocycles. The molecule has 1 unspecified atom stereocenters. The average molecular weight is 316 g/mol. The van der Waals surface area contributed by atoms with E-state index in [0.29, 0.717) is 6.61 Å². The second-order valence-electron chi connectivity index (χ2n) is 5.49. The van der Waals surface area contributed by atoms with Crippen molar-refractivity contribution in [2.45, 2.75) is 25.4 Å². The smallest absolute Gasteiger partial charge is 0.253 e. The van der Waals surface area contributed by atoms with E-state index in [2.05, 4.69) is 11.4 Å². The Morgan fingerprint density at radius 1 is 1.18 bits per heavy atom. The van der Waals surface area contributed by atoms with Gasteiger partial charge in [-0.3, -0.25) is 4.79 Å². The van der Waals surface area contributed by atoms with Gasteiger partial charge < -0.3 is 10.1 Å². The van der Waals surface area contributed by atoms with E-state index in [1.54, 1.807) is 0 Å². The lowest BCUT2D eigenvalue weighted by molar-refractivity contribution is -0.124. The van der Waals surface area contributed by atoms with Crippen LogP contribution in [-0.2, 0) is 16.0 Å². The van der Waals surface area contributed by atoms with Gasteiger partial charge in [0.25, 0.3) is 5.91 Å². The second-order valence-corrected chi connectivity index (χ2v) is 5.93. The number of carbonyl (C=O) groups is 1. The van der Waals surface area contributed by atoms with Crippen molar-refractivity contribution in [2.24, 2.45) is 0 Å². The summed E-state index contributed by atoms with van der Waals surface area (Å²) in [7, 11) is 0. The molecule has 0 aliphatic carbocycles. The molecular formula is C18H18ClNO2. The maximum atomic E-state index is 12.1. The van der Waals surface area contributed by atoms with E-state index >= 15 is 0 Å². The van der Waals surface area contributed by atoms with Crippen molar-refractivity contribution in [1.29, 1.82) is 0 Å². The van der Waals surface area contributed by atoms with E-state index in [0.717, 1.165) is 35.5 Å². The molecular weight excluding hydrogens is 298 g/mol. The highest BCUT2D eigenvalue weighted by atomic mass is 35.5. The first kappa shape index (κ1) is 15.1. The first-order chi connectivity index (χ1) is 10.7. The lowest BCUT2D eigenvalue weighted by Gasteiger charge is -2.11. The van der Waals surface area contributed by atoms with Crippen LogP contribution in [0.3, 0.4) is 0 Å². The molecule has 4 heteroatoms. The minimum atomic E-state index is -0.306. The van der Waals surface area contributed by atoms with Gasteiger partial charge in [0.05, 0.1) is 0 Å². The summed E-state index contributed by atoms with van der Waals surface area (Å²) in [6.07, 6.45) is 2.26. The van der Waals surface area contributed by atoms with E-state index in [1.165, 1.54) is 5.56 Å². The fraction of sp³-hybridized carbons (Fsp3) is 0.278. The molecule has 0 spiro atoms. The van der Waals surface area contributed by atoms with Crippen molar-refractivity contribution in [1.82, 2.24) is 0 Å². The van der Waals surface area contributed by atoms with Crippen molar-refractivity contribution in [2.75, 3.05) is 11.9 Å². The second kappa shape index (κ2) is 6.95. The molecule has 114 valence electrons. The third-order valence-electron chi connectivity index (χ3n) is 3.74. The Morgan fingerprint density at radius 2 is 2.00 bits per heavy atom. The van der Waals surface area contributed by atoms with E-state index in [1.807, 2.05) is 42.5 Å². The SMILES string of the molecule is O=C(Nc1cccc(Cc2ccc(Cl)cc2)c1)C1CCCO1. The standard InChI is InChI=1S/C18H18ClNO2/c19-15-8-6-13(7-9-15)11-14-3-1-4-16(12-14)20-18(21)17-5-2-10-22-17/h1,3-4,6-9,12,17H,2,5,10-11H2,(H,20,21). The number of anilines is 1. The van der Waals surface area contributed by atoms with E-state index in [-0.39, 0.29) is 12.0 Å². The van der Waals surface area contributed by atoms with Crippen molar-refractivity contribution >= 4 is 23.2 Å². The van der Waals surface area contributed by atoms with Gasteiger partial charge in [-0.05, 0) is 54.7 Å². The Labute approximate surface area is 135 Å². The molecule has 0 aromatic heterocycles. The lowest BCUT2D eigenvalue weighted by atomic mass is 10.0. The predicted octanol–water partition coefficient (Wildman–Crippen LogP) is 4.05. The van der Waals surface area contributed by atoms with Crippen LogP contribution >= 0.6 is 11.6 Å². The highest BCUT2D eigenvalue weighted by Gasteiger charge is 2.23. The molecule has 1 atom stereocenters. The minimum absolute atomic E-state index is 0.0545. The zero-order chi connectivity index (χ0) is 15.4. The molecule has 0 bridgehead atoms. The molecule has 3 rings (SSSR count). The molecule has 0 radical (unpaired) electrons. The van der Waals surface area contributed by atoms with Gasteiger partial charge in [-0.1, -0.05) is 35.9 Å². The summed E-state index contributed by atoms with van der Waals surface area (Å²) in [4.78, 5) is 12.1. The summed E-state index contributed by atoms with van der Waals surface area (Å²) in [6.45, 7) is 0.675. The number of ether oxygens (including phenoxy) is 1. The van der Waals surface area contributed by atoms with Crippen LogP contribution in [-0.4, -0.2) is 18.6 Å². The van der Waals surface area contributed by atoms with E-state index < -0.39 is 0 Å². The van der Waals surface area contributed by atoms with Crippen LogP contribution in [0.15, 0.2) is 48.5 Å². The van der Waals surface area contributed by atoms with E-state index in [9.17, 15) is 4.79 Å². The van der Waals surface area contributed by atoms with Gasteiger partial charge in [-0.25, -0.2) is 0 Å². The fourth-order valence-corrected chi connectivity index (χ4v) is 2.73. The summed E-state index contributed by atoms with van der Waals surface area (Å²) in [5.41, 5.74) is 3.14. The number of carbonyl (C=O) groups excluding carboxylic acids is 1. The highest BCUT2D eigenvalue weighted by molar-refractivity contribution is 6.30. The molecule has 1 N–H and O–H groups in total. The molecule has 1 heterocycles. The molecule has 1 aliphatic heterocycles. The minimum Gasteiger partial charge on any atom is -0.368 e. The molecule has 3 nitrogen and oxygen atoms in total. The van der Waals surface area contributed by atoms with Crippen LogP contribution in [0.25, 0.3) is 0 Å². The summed E-state index contributed by atoms with van der Waals surface area (Å²) < 4.78 is 5.40. The predicted molar refractivity (Wildman–Crippen MR) is 88.3 cm³/mol. The number of nitrogens with one attached hydrogen (secondary N) is 1. The quantitative estimate of drug-likeness (QED) is 0.924. The molecule has 1 fully saturated rings. The number of hydrogen-bond acceptors (Lipinski definition) is 2.